The van der Waals surface area contributed by atoms with Crippen molar-refractivity contribution in [2.45, 2.75) is 74.6 Å². The van der Waals surface area contributed by atoms with E-state index >= 15 is 0 Å². The second-order valence-corrected chi connectivity index (χ2v) is 10.7. The highest BCUT2D eigenvalue weighted by Gasteiger charge is 2.64. The lowest BCUT2D eigenvalue weighted by atomic mass is 9.49. The van der Waals surface area contributed by atoms with Crippen molar-refractivity contribution in [3.8, 4) is 5.75 Å². The Hall–Kier alpha value is -1.88. The molecule has 2 N–H and O–H groups in total. The molecule has 4 nitrogen and oxygen atoms in total. The predicted octanol–water partition coefficient (Wildman–Crippen LogP) is 4.05. The van der Waals surface area contributed by atoms with E-state index in [0.717, 1.165) is 63.4 Å². The SMILES string of the molecule is COc1ccc2c(c1)C13CCC(NCc4ccccc4)CC1(O)C(C2)N(CC1CC1)CC3. The fraction of sp³-hybridized carbons (Fsp3) is 0.571. The van der Waals surface area contributed by atoms with Crippen LogP contribution in [0, 0.1) is 5.92 Å². The number of hydrogen-bond acceptors (Lipinski definition) is 4. The van der Waals surface area contributed by atoms with Crippen LogP contribution in [0.1, 0.15) is 55.2 Å². The summed E-state index contributed by atoms with van der Waals surface area (Å²) in [4.78, 5) is 2.66. The summed E-state index contributed by atoms with van der Waals surface area (Å²) in [5.41, 5.74) is 3.27. The van der Waals surface area contributed by atoms with Gasteiger partial charge in [0.1, 0.15) is 5.75 Å². The third kappa shape index (κ3) is 3.30. The van der Waals surface area contributed by atoms with E-state index in [1.54, 1.807) is 7.11 Å². The molecule has 1 aliphatic heterocycles. The van der Waals surface area contributed by atoms with E-state index in [1.165, 1.54) is 29.5 Å². The molecule has 4 atom stereocenters. The number of aliphatic hydroxyl groups is 1. The van der Waals surface area contributed by atoms with E-state index in [-0.39, 0.29) is 11.5 Å². The normalized spacial score (nSPS) is 33.9. The summed E-state index contributed by atoms with van der Waals surface area (Å²) in [7, 11) is 1.75. The van der Waals surface area contributed by atoms with Crippen molar-refractivity contribution < 1.29 is 9.84 Å². The van der Waals surface area contributed by atoms with Gasteiger partial charge < -0.3 is 15.2 Å². The Morgan fingerprint density at radius 1 is 1.09 bits per heavy atom. The van der Waals surface area contributed by atoms with E-state index in [1.807, 2.05) is 0 Å². The summed E-state index contributed by atoms with van der Waals surface area (Å²) >= 11 is 0. The van der Waals surface area contributed by atoms with Crippen molar-refractivity contribution in [3.63, 3.8) is 0 Å². The second-order valence-electron chi connectivity index (χ2n) is 10.7. The molecule has 32 heavy (non-hydrogen) atoms. The quantitative estimate of drug-likeness (QED) is 0.723. The highest BCUT2D eigenvalue weighted by atomic mass is 16.5. The number of nitrogens with zero attached hydrogens (tertiary/aromatic N) is 1. The van der Waals surface area contributed by atoms with Gasteiger partial charge in [0.2, 0.25) is 0 Å². The van der Waals surface area contributed by atoms with Gasteiger partial charge in [-0.3, -0.25) is 4.90 Å². The van der Waals surface area contributed by atoms with Crippen molar-refractivity contribution in [1.29, 1.82) is 0 Å². The number of hydrogen-bond donors (Lipinski definition) is 2. The number of methoxy groups -OCH3 is 1. The number of piperidine rings is 1. The van der Waals surface area contributed by atoms with E-state index in [4.69, 9.17) is 4.74 Å². The van der Waals surface area contributed by atoms with Crippen molar-refractivity contribution in [2.24, 2.45) is 5.92 Å². The Balaban J connectivity index is 1.33. The van der Waals surface area contributed by atoms with E-state index in [2.05, 4.69) is 58.7 Å². The molecule has 1 heterocycles. The van der Waals surface area contributed by atoms with Gasteiger partial charge in [-0.2, -0.15) is 0 Å². The lowest BCUT2D eigenvalue weighted by Gasteiger charge is -2.65. The van der Waals surface area contributed by atoms with Crippen molar-refractivity contribution in [1.82, 2.24) is 10.2 Å². The highest BCUT2D eigenvalue weighted by Crippen LogP contribution is 2.58. The van der Waals surface area contributed by atoms with E-state index in [9.17, 15) is 5.11 Å². The summed E-state index contributed by atoms with van der Waals surface area (Å²) < 4.78 is 5.61. The minimum atomic E-state index is -0.688. The first-order chi connectivity index (χ1) is 15.6. The first-order valence-corrected chi connectivity index (χ1v) is 12.5. The molecule has 2 saturated carbocycles. The van der Waals surface area contributed by atoms with Crippen LogP contribution in [-0.2, 0) is 18.4 Å². The van der Waals surface area contributed by atoms with Crippen molar-refractivity contribution in [2.75, 3.05) is 20.2 Å². The maximum atomic E-state index is 12.6. The molecule has 6 rings (SSSR count). The van der Waals surface area contributed by atoms with E-state index in [0.29, 0.717) is 6.04 Å². The van der Waals surface area contributed by atoms with Crippen LogP contribution in [0.15, 0.2) is 48.5 Å². The van der Waals surface area contributed by atoms with Crippen molar-refractivity contribution >= 4 is 0 Å². The monoisotopic (exact) mass is 432 g/mol. The van der Waals surface area contributed by atoms with Gasteiger partial charge in [0.25, 0.3) is 0 Å². The lowest BCUT2D eigenvalue weighted by molar-refractivity contribution is -0.172. The summed E-state index contributed by atoms with van der Waals surface area (Å²) in [6.45, 7) is 3.15. The Morgan fingerprint density at radius 2 is 1.94 bits per heavy atom. The molecule has 0 amide bonds. The first-order valence-electron chi connectivity index (χ1n) is 12.5. The zero-order valence-electron chi connectivity index (χ0n) is 19.2. The molecule has 4 unspecified atom stereocenters. The predicted molar refractivity (Wildman–Crippen MR) is 127 cm³/mol. The Kier molecular flexibility index (Phi) is 5.09. The fourth-order valence-corrected chi connectivity index (χ4v) is 7.10. The number of benzene rings is 2. The van der Waals surface area contributed by atoms with E-state index < -0.39 is 5.60 Å². The second kappa shape index (κ2) is 7.86. The molecule has 0 aromatic heterocycles. The lowest BCUT2D eigenvalue weighted by Crippen LogP contribution is -2.74. The summed E-state index contributed by atoms with van der Waals surface area (Å²) in [6, 6.07) is 17.8. The van der Waals surface area contributed by atoms with Gasteiger partial charge in [-0.1, -0.05) is 36.4 Å². The molecular weight excluding hydrogens is 396 g/mol. The number of nitrogens with one attached hydrogen (secondary N) is 1. The summed E-state index contributed by atoms with van der Waals surface area (Å²) in [5.74, 6) is 1.77. The molecule has 2 bridgehead atoms. The van der Waals surface area contributed by atoms with Crippen LogP contribution in [0.4, 0.5) is 0 Å². The largest absolute Gasteiger partial charge is 0.497 e. The van der Waals surface area contributed by atoms with Crippen LogP contribution in [0.5, 0.6) is 5.75 Å². The molecule has 2 aromatic carbocycles. The maximum absolute atomic E-state index is 12.6. The summed E-state index contributed by atoms with van der Waals surface area (Å²) in [6.07, 6.45) is 7.73. The number of fused-ring (bicyclic) bond motifs is 1. The Labute approximate surface area is 192 Å². The third-order valence-corrected chi connectivity index (χ3v) is 9.00. The molecule has 4 aliphatic rings. The molecule has 0 spiro atoms. The first kappa shape index (κ1) is 20.7. The number of likely N-dealkylation sites (tertiary alicyclic amines) is 1. The summed E-state index contributed by atoms with van der Waals surface area (Å²) in [5, 5.41) is 16.4. The van der Waals surface area contributed by atoms with Gasteiger partial charge in [-0.15, -0.1) is 0 Å². The molecule has 170 valence electrons. The maximum Gasteiger partial charge on any atom is 0.119 e. The van der Waals surface area contributed by atoms with Crippen molar-refractivity contribution in [3.05, 3.63) is 65.2 Å². The average molecular weight is 433 g/mol. The van der Waals surface area contributed by atoms with Gasteiger partial charge in [0.05, 0.1) is 12.7 Å². The molecule has 3 fully saturated rings. The smallest absolute Gasteiger partial charge is 0.119 e. The fourth-order valence-electron chi connectivity index (χ4n) is 7.10. The zero-order chi connectivity index (χ0) is 21.8. The van der Waals surface area contributed by atoms with Gasteiger partial charge in [0, 0.05) is 30.6 Å². The van der Waals surface area contributed by atoms with Crippen LogP contribution in [0.25, 0.3) is 0 Å². The standard InChI is InChI=1S/C28H36N2O2/c1-32-24-10-9-22-15-26-28(31)17-23(29-18-20-5-3-2-4-6-20)11-12-27(28,25(22)16-24)13-14-30(26)19-21-7-8-21/h2-6,9-10,16,21,23,26,29,31H,7-8,11-15,17-19H2,1H3. The molecular formula is C28H36N2O2. The highest BCUT2D eigenvalue weighted by molar-refractivity contribution is 5.48. The number of rotatable bonds is 6. The molecule has 0 radical (unpaired) electrons. The van der Waals surface area contributed by atoms with Gasteiger partial charge >= 0.3 is 0 Å². The van der Waals surface area contributed by atoms with Crippen LogP contribution < -0.4 is 10.1 Å². The van der Waals surface area contributed by atoms with Crippen LogP contribution in [0.2, 0.25) is 0 Å². The van der Waals surface area contributed by atoms with Crippen LogP contribution in [-0.4, -0.2) is 47.9 Å². The minimum Gasteiger partial charge on any atom is -0.497 e. The van der Waals surface area contributed by atoms with Crippen LogP contribution >= 0.6 is 0 Å². The Bertz CT molecular complexity index is 975. The molecule has 2 aromatic rings. The number of ether oxygens (including phenoxy) is 1. The van der Waals surface area contributed by atoms with Gasteiger partial charge in [0.15, 0.2) is 0 Å². The van der Waals surface area contributed by atoms with Crippen LogP contribution in [0.3, 0.4) is 0 Å². The third-order valence-electron chi connectivity index (χ3n) is 9.00. The Morgan fingerprint density at radius 3 is 2.72 bits per heavy atom. The molecule has 4 heteroatoms. The topological polar surface area (TPSA) is 44.7 Å². The minimum absolute atomic E-state index is 0.148. The molecule has 1 saturated heterocycles. The average Bonchev–Trinajstić information content (AvgIpc) is 3.64. The zero-order valence-corrected chi connectivity index (χ0v) is 19.2. The molecule has 3 aliphatic carbocycles. The van der Waals surface area contributed by atoms with Gasteiger partial charge in [-0.05, 0) is 86.2 Å². The van der Waals surface area contributed by atoms with Gasteiger partial charge in [-0.25, -0.2) is 0 Å².